The van der Waals surface area contributed by atoms with Gasteiger partial charge in [0.25, 0.3) is 0 Å². The normalized spacial score (nSPS) is 22.6. The molecule has 1 aromatic rings. The Morgan fingerprint density at radius 2 is 2.21 bits per heavy atom. The summed E-state index contributed by atoms with van der Waals surface area (Å²) in [4.78, 5) is 14.4. The molecule has 2 N–H and O–H groups in total. The highest BCUT2D eigenvalue weighted by atomic mass is 16.5. The second-order valence-electron chi connectivity index (χ2n) is 6.99. The first-order valence-electron chi connectivity index (χ1n) is 9.10. The first kappa shape index (κ1) is 17.2. The molecule has 0 bridgehead atoms. The largest absolute Gasteiger partial charge is 0.376 e. The SMILES string of the molecule is CC1CCN(CCNC(=O)Nc2cnn(CC3CCCO3)c2)CC1. The van der Waals surface area contributed by atoms with Crippen molar-refractivity contribution in [3.05, 3.63) is 12.4 Å². The van der Waals surface area contributed by atoms with Crippen LogP contribution in [-0.2, 0) is 11.3 Å². The van der Waals surface area contributed by atoms with E-state index in [1.54, 1.807) is 6.20 Å². The van der Waals surface area contributed by atoms with Crippen LogP contribution in [0.2, 0.25) is 0 Å². The number of carbonyl (C=O) groups is 1. The van der Waals surface area contributed by atoms with Gasteiger partial charge in [-0.05, 0) is 44.7 Å². The zero-order valence-electron chi connectivity index (χ0n) is 14.5. The molecule has 2 amide bonds. The molecule has 0 aromatic carbocycles. The molecule has 1 atom stereocenters. The Hall–Kier alpha value is -1.60. The van der Waals surface area contributed by atoms with Gasteiger partial charge in [0.05, 0.1) is 24.5 Å². The van der Waals surface area contributed by atoms with Gasteiger partial charge in [-0.3, -0.25) is 4.68 Å². The lowest BCUT2D eigenvalue weighted by Crippen LogP contribution is -2.40. The highest BCUT2D eigenvalue weighted by Crippen LogP contribution is 2.16. The minimum absolute atomic E-state index is 0.169. The van der Waals surface area contributed by atoms with E-state index in [1.807, 2.05) is 10.9 Å². The number of ether oxygens (including phenoxy) is 1. The van der Waals surface area contributed by atoms with E-state index in [9.17, 15) is 4.79 Å². The van der Waals surface area contributed by atoms with Crippen molar-refractivity contribution >= 4 is 11.7 Å². The summed E-state index contributed by atoms with van der Waals surface area (Å²) in [5.41, 5.74) is 0.720. The van der Waals surface area contributed by atoms with E-state index < -0.39 is 0 Å². The highest BCUT2D eigenvalue weighted by Gasteiger charge is 2.17. The van der Waals surface area contributed by atoms with Crippen molar-refractivity contribution < 1.29 is 9.53 Å². The maximum atomic E-state index is 12.0. The Morgan fingerprint density at radius 1 is 1.38 bits per heavy atom. The van der Waals surface area contributed by atoms with Gasteiger partial charge in [0.15, 0.2) is 0 Å². The smallest absolute Gasteiger partial charge is 0.319 e. The van der Waals surface area contributed by atoms with Crippen molar-refractivity contribution in [2.45, 2.75) is 45.3 Å². The van der Waals surface area contributed by atoms with Gasteiger partial charge in [-0.15, -0.1) is 0 Å². The molecule has 2 aliphatic heterocycles. The van der Waals surface area contributed by atoms with Crippen LogP contribution in [0.4, 0.5) is 10.5 Å². The van der Waals surface area contributed by atoms with Crippen LogP contribution in [0.25, 0.3) is 0 Å². The molecule has 1 aromatic heterocycles. The fourth-order valence-electron chi connectivity index (χ4n) is 3.31. The molecule has 7 nitrogen and oxygen atoms in total. The van der Waals surface area contributed by atoms with Crippen LogP contribution >= 0.6 is 0 Å². The van der Waals surface area contributed by atoms with Crippen molar-refractivity contribution in [3.63, 3.8) is 0 Å². The van der Waals surface area contributed by atoms with Crippen molar-refractivity contribution in [1.29, 1.82) is 0 Å². The van der Waals surface area contributed by atoms with Gasteiger partial charge in [0.2, 0.25) is 0 Å². The molecule has 3 rings (SSSR count). The van der Waals surface area contributed by atoms with Crippen molar-refractivity contribution in [3.8, 4) is 0 Å². The third-order valence-corrected chi connectivity index (χ3v) is 4.90. The summed E-state index contributed by atoms with van der Waals surface area (Å²) in [7, 11) is 0. The summed E-state index contributed by atoms with van der Waals surface area (Å²) in [6.45, 7) is 7.76. The first-order chi connectivity index (χ1) is 11.7. The summed E-state index contributed by atoms with van der Waals surface area (Å²) >= 11 is 0. The van der Waals surface area contributed by atoms with E-state index in [0.29, 0.717) is 6.54 Å². The molecular weight excluding hydrogens is 306 g/mol. The average Bonchev–Trinajstić information content (AvgIpc) is 3.22. The fourth-order valence-corrected chi connectivity index (χ4v) is 3.31. The number of carbonyl (C=O) groups excluding carboxylic acids is 1. The second kappa shape index (κ2) is 8.48. The molecule has 0 aliphatic carbocycles. The average molecular weight is 335 g/mol. The number of piperidine rings is 1. The van der Waals surface area contributed by atoms with E-state index in [1.165, 1.54) is 12.8 Å². The van der Waals surface area contributed by atoms with E-state index >= 15 is 0 Å². The molecule has 2 aliphatic rings. The number of nitrogens with one attached hydrogen (secondary N) is 2. The van der Waals surface area contributed by atoms with Gasteiger partial charge in [-0.25, -0.2) is 4.79 Å². The summed E-state index contributed by atoms with van der Waals surface area (Å²) in [6.07, 6.45) is 8.51. The lowest BCUT2D eigenvalue weighted by Gasteiger charge is -2.30. The summed E-state index contributed by atoms with van der Waals surface area (Å²) in [5.74, 6) is 0.837. The van der Waals surface area contributed by atoms with Crippen molar-refractivity contribution in [2.24, 2.45) is 5.92 Å². The number of nitrogens with zero attached hydrogens (tertiary/aromatic N) is 3. The van der Waals surface area contributed by atoms with Gasteiger partial charge in [-0.1, -0.05) is 6.92 Å². The number of hydrogen-bond acceptors (Lipinski definition) is 4. The predicted molar refractivity (Wildman–Crippen MR) is 93.1 cm³/mol. The molecule has 3 heterocycles. The molecule has 2 fully saturated rings. The number of amides is 2. The number of rotatable bonds is 6. The molecule has 2 saturated heterocycles. The summed E-state index contributed by atoms with van der Waals surface area (Å²) in [5, 5.41) is 10.0. The molecule has 0 saturated carbocycles. The van der Waals surface area contributed by atoms with Crippen molar-refractivity contribution in [2.75, 3.05) is 38.1 Å². The Morgan fingerprint density at radius 3 is 2.96 bits per heavy atom. The van der Waals surface area contributed by atoms with Crippen LogP contribution in [0.15, 0.2) is 12.4 Å². The minimum Gasteiger partial charge on any atom is -0.376 e. The molecule has 0 spiro atoms. The standard InChI is InChI=1S/C17H29N5O2/c1-14-4-7-21(8-5-14)9-6-18-17(23)20-15-11-19-22(12-15)13-16-3-2-10-24-16/h11-12,14,16H,2-10,13H2,1H3,(H2,18,20,23). The van der Waals surface area contributed by atoms with E-state index in [-0.39, 0.29) is 12.1 Å². The minimum atomic E-state index is -0.169. The number of aromatic nitrogens is 2. The van der Waals surface area contributed by atoms with Gasteiger partial charge in [-0.2, -0.15) is 5.10 Å². The Balaban J connectivity index is 1.33. The lowest BCUT2D eigenvalue weighted by molar-refractivity contribution is 0.0940. The van der Waals surface area contributed by atoms with Crippen LogP contribution in [0.3, 0.4) is 0 Å². The van der Waals surface area contributed by atoms with Crippen LogP contribution < -0.4 is 10.6 Å². The predicted octanol–water partition coefficient (Wildman–Crippen LogP) is 1.92. The number of hydrogen-bond donors (Lipinski definition) is 2. The fraction of sp³-hybridized carbons (Fsp3) is 0.765. The third kappa shape index (κ3) is 5.21. The monoisotopic (exact) mass is 335 g/mol. The zero-order chi connectivity index (χ0) is 16.8. The quantitative estimate of drug-likeness (QED) is 0.833. The number of likely N-dealkylation sites (tertiary alicyclic amines) is 1. The number of anilines is 1. The van der Waals surface area contributed by atoms with Crippen LogP contribution in [0.5, 0.6) is 0 Å². The van der Waals surface area contributed by atoms with E-state index in [4.69, 9.17) is 4.74 Å². The highest BCUT2D eigenvalue weighted by molar-refractivity contribution is 5.88. The second-order valence-corrected chi connectivity index (χ2v) is 6.99. The third-order valence-electron chi connectivity index (χ3n) is 4.90. The Kier molecular flexibility index (Phi) is 6.09. The van der Waals surface area contributed by atoms with Crippen LogP contribution in [0.1, 0.15) is 32.6 Å². The van der Waals surface area contributed by atoms with E-state index in [0.717, 1.165) is 57.2 Å². The molecular formula is C17H29N5O2. The Bertz CT molecular complexity index is 519. The summed E-state index contributed by atoms with van der Waals surface area (Å²) < 4.78 is 7.43. The van der Waals surface area contributed by atoms with E-state index in [2.05, 4.69) is 27.6 Å². The molecule has 7 heteroatoms. The zero-order valence-corrected chi connectivity index (χ0v) is 14.5. The van der Waals surface area contributed by atoms with Crippen LogP contribution in [-0.4, -0.2) is 59.6 Å². The molecule has 134 valence electrons. The topological polar surface area (TPSA) is 71.4 Å². The maximum Gasteiger partial charge on any atom is 0.319 e. The summed E-state index contributed by atoms with van der Waals surface area (Å²) in [6, 6.07) is -0.169. The van der Waals surface area contributed by atoms with Crippen LogP contribution in [0, 0.1) is 5.92 Å². The maximum absolute atomic E-state index is 12.0. The Labute approximate surface area is 143 Å². The molecule has 1 unspecified atom stereocenters. The lowest BCUT2D eigenvalue weighted by atomic mass is 9.99. The van der Waals surface area contributed by atoms with Gasteiger partial charge in [0, 0.05) is 25.9 Å². The van der Waals surface area contributed by atoms with Gasteiger partial charge >= 0.3 is 6.03 Å². The number of urea groups is 1. The molecule has 24 heavy (non-hydrogen) atoms. The first-order valence-corrected chi connectivity index (χ1v) is 9.10. The van der Waals surface area contributed by atoms with Gasteiger partial charge in [0.1, 0.15) is 0 Å². The van der Waals surface area contributed by atoms with Crippen molar-refractivity contribution in [1.82, 2.24) is 20.0 Å². The molecule has 0 radical (unpaired) electrons. The van der Waals surface area contributed by atoms with Gasteiger partial charge < -0.3 is 20.3 Å².